The average Bonchev–Trinajstić information content (AvgIpc) is 2.35. The lowest BCUT2D eigenvalue weighted by atomic mass is 10.2. The highest BCUT2D eigenvalue weighted by Gasteiger charge is 2.06. The van der Waals surface area contributed by atoms with E-state index in [1.54, 1.807) is 0 Å². The number of hydrogen-bond acceptors (Lipinski definition) is 6. The molecule has 1 N–H and O–H groups in total. The molecular formula is C10H9N3O3. The highest BCUT2D eigenvalue weighted by Crippen LogP contribution is 2.21. The average molecular weight is 219 g/mol. The summed E-state index contributed by atoms with van der Waals surface area (Å²) in [6, 6.07) is 6.21. The molecule has 0 aromatic heterocycles. The summed E-state index contributed by atoms with van der Waals surface area (Å²) >= 11 is 0. The zero-order valence-corrected chi connectivity index (χ0v) is 8.56. The molecule has 0 saturated heterocycles. The molecule has 0 saturated carbocycles. The van der Waals surface area contributed by atoms with Gasteiger partial charge in [0.25, 0.3) is 0 Å². The first kappa shape index (κ1) is 11.7. The molecule has 0 bridgehead atoms. The van der Waals surface area contributed by atoms with Crippen molar-refractivity contribution in [3.05, 3.63) is 28.7 Å². The second kappa shape index (κ2) is 5.46. The first-order chi connectivity index (χ1) is 7.71. The van der Waals surface area contributed by atoms with Gasteiger partial charge >= 0.3 is 5.97 Å². The van der Waals surface area contributed by atoms with Crippen molar-refractivity contribution in [1.29, 1.82) is 5.26 Å². The summed E-state index contributed by atoms with van der Waals surface area (Å²) in [5.41, 5.74) is 0.896. The molecule has 0 fully saturated rings. The van der Waals surface area contributed by atoms with E-state index in [0.717, 1.165) is 0 Å². The van der Waals surface area contributed by atoms with Gasteiger partial charge in [-0.05, 0) is 23.4 Å². The summed E-state index contributed by atoms with van der Waals surface area (Å²) in [4.78, 5) is 21.2. The van der Waals surface area contributed by atoms with Crippen LogP contribution in [0.25, 0.3) is 0 Å². The maximum atomic E-state index is 10.9. The van der Waals surface area contributed by atoms with Crippen LogP contribution in [-0.2, 0) is 9.53 Å². The molecule has 1 rings (SSSR count). The second-order valence-corrected chi connectivity index (χ2v) is 2.86. The Balaban J connectivity index is 2.88. The fourth-order valence-corrected chi connectivity index (χ4v) is 1.07. The Kier molecular flexibility index (Phi) is 3.98. The zero-order chi connectivity index (χ0) is 12.0. The van der Waals surface area contributed by atoms with Gasteiger partial charge in [-0.3, -0.25) is 4.79 Å². The van der Waals surface area contributed by atoms with Crippen LogP contribution in [-0.4, -0.2) is 19.6 Å². The van der Waals surface area contributed by atoms with Crippen molar-refractivity contribution in [1.82, 2.24) is 0 Å². The van der Waals surface area contributed by atoms with Crippen LogP contribution < -0.4 is 5.32 Å². The van der Waals surface area contributed by atoms with Crippen molar-refractivity contribution in [2.24, 2.45) is 5.18 Å². The predicted molar refractivity (Wildman–Crippen MR) is 57.1 cm³/mol. The van der Waals surface area contributed by atoms with Gasteiger partial charge in [0.05, 0.1) is 18.4 Å². The number of hydrogen-bond donors (Lipinski definition) is 1. The van der Waals surface area contributed by atoms with E-state index in [4.69, 9.17) is 5.26 Å². The molecule has 0 heterocycles. The Bertz CT molecular complexity index is 451. The number of anilines is 1. The summed E-state index contributed by atoms with van der Waals surface area (Å²) in [5.74, 6) is -0.464. The summed E-state index contributed by atoms with van der Waals surface area (Å²) in [6.07, 6.45) is 0. The van der Waals surface area contributed by atoms with Gasteiger partial charge in [-0.25, -0.2) is 0 Å². The van der Waals surface area contributed by atoms with E-state index in [2.05, 4.69) is 15.2 Å². The standard InChI is InChI=1S/C10H9N3O3/c1-16-10(14)6-12-9-4-8(13-15)3-2-7(9)5-11/h2-4,12H,6H2,1H3. The SMILES string of the molecule is COC(=O)CNc1cc(N=O)ccc1C#N. The van der Waals surface area contributed by atoms with E-state index in [9.17, 15) is 9.70 Å². The Morgan fingerprint density at radius 2 is 2.38 bits per heavy atom. The summed E-state index contributed by atoms with van der Waals surface area (Å²) in [5, 5.41) is 14.2. The molecule has 0 spiro atoms. The van der Waals surface area contributed by atoms with Crippen LogP contribution in [0, 0.1) is 16.2 Å². The minimum atomic E-state index is -0.464. The number of benzene rings is 1. The van der Waals surface area contributed by atoms with Crippen molar-refractivity contribution in [2.75, 3.05) is 19.0 Å². The highest BCUT2D eigenvalue weighted by molar-refractivity contribution is 5.76. The first-order valence-corrected chi connectivity index (χ1v) is 4.39. The molecule has 0 aliphatic carbocycles. The summed E-state index contributed by atoms with van der Waals surface area (Å²) < 4.78 is 4.43. The Morgan fingerprint density at radius 1 is 1.62 bits per heavy atom. The molecule has 6 nitrogen and oxygen atoms in total. The van der Waals surface area contributed by atoms with Gasteiger partial charge in [0, 0.05) is 0 Å². The molecule has 82 valence electrons. The maximum absolute atomic E-state index is 10.9. The van der Waals surface area contributed by atoms with Gasteiger partial charge in [-0.2, -0.15) is 5.26 Å². The van der Waals surface area contributed by atoms with Crippen LogP contribution in [0.3, 0.4) is 0 Å². The van der Waals surface area contributed by atoms with Crippen LogP contribution in [0.5, 0.6) is 0 Å². The number of nitriles is 1. The molecule has 0 atom stereocenters. The third-order valence-electron chi connectivity index (χ3n) is 1.88. The lowest BCUT2D eigenvalue weighted by Crippen LogP contribution is -2.15. The van der Waals surface area contributed by atoms with Crippen molar-refractivity contribution < 1.29 is 9.53 Å². The van der Waals surface area contributed by atoms with E-state index in [-0.39, 0.29) is 12.2 Å². The Morgan fingerprint density at radius 3 is 2.94 bits per heavy atom. The molecule has 0 aliphatic rings. The number of methoxy groups -OCH3 is 1. The second-order valence-electron chi connectivity index (χ2n) is 2.86. The lowest BCUT2D eigenvalue weighted by Gasteiger charge is -2.06. The molecule has 0 amide bonds. The number of ether oxygens (including phenoxy) is 1. The van der Waals surface area contributed by atoms with E-state index in [1.807, 2.05) is 6.07 Å². The smallest absolute Gasteiger partial charge is 0.325 e. The number of nitrogens with one attached hydrogen (secondary N) is 1. The van der Waals surface area contributed by atoms with Crippen LogP contribution in [0.15, 0.2) is 23.4 Å². The lowest BCUT2D eigenvalue weighted by molar-refractivity contribution is -0.138. The zero-order valence-electron chi connectivity index (χ0n) is 8.56. The van der Waals surface area contributed by atoms with Crippen molar-refractivity contribution >= 4 is 17.3 Å². The van der Waals surface area contributed by atoms with Crippen molar-refractivity contribution in [3.8, 4) is 6.07 Å². The van der Waals surface area contributed by atoms with E-state index in [0.29, 0.717) is 11.3 Å². The van der Waals surface area contributed by atoms with E-state index < -0.39 is 5.97 Å². The molecule has 16 heavy (non-hydrogen) atoms. The molecule has 0 radical (unpaired) electrons. The van der Waals surface area contributed by atoms with Gasteiger partial charge in [-0.1, -0.05) is 0 Å². The van der Waals surface area contributed by atoms with Crippen molar-refractivity contribution in [3.63, 3.8) is 0 Å². The van der Waals surface area contributed by atoms with Gasteiger partial charge in [0.1, 0.15) is 18.3 Å². The van der Waals surface area contributed by atoms with Crippen LogP contribution in [0.2, 0.25) is 0 Å². The Hall–Kier alpha value is -2.42. The number of nitroso groups, excluding NO2 is 1. The number of carbonyl (C=O) groups is 1. The van der Waals surface area contributed by atoms with Crippen LogP contribution in [0.4, 0.5) is 11.4 Å². The molecule has 6 heteroatoms. The highest BCUT2D eigenvalue weighted by atomic mass is 16.5. The first-order valence-electron chi connectivity index (χ1n) is 4.39. The fraction of sp³-hybridized carbons (Fsp3) is 0.200. The maximum Gasteiger partial charge on any atom is 0.325 e. The predicted octanol–water partition coefficient (Wildman–Crippen LogP) is 1.54. The quantitative estimate of drug-likeness (QED) is 0.612. The third-order valence-corrected chi connectivity index (χ3v) is 1.88. The monoisotopic (exact) mass is 219 g/mol. The van der Waals surface area contributed by atoms with Crippen LogP contribution in [0.1, 0.15) is 5.56 Å². The number of rotatable bonds is 4. The van der Waals surface area contributed by atoms with Gasteiger partial charge in [0.15, 0.2) is 0 Å². The molecular weight excluding hydrogens is 210 g/mol. The molecule has 0 aliphatic heterocycles. The third kappa shape index (κ3) is 2.78. The van der Waals surface area contributed by atoms with Gasteiger partial charge < -0.3 is 10.1 Å². The summed E-state index contributed by atoms with van der Waals surface area (Å²) in [6.45, 7) is -0.0759. The largest absolute Gasteiger partial charge is 0.468 e. The molecule has 1 aromatic rings. The molecule has 1 aromatic carbocycles. The van der Waals surface area contributed by atoms with Gasteiger partial charge in [-0.15, -0.1) is 4.91 Å². The normalized spacial score (nSPS) is 9.00. The number of carbonyl (C=O) groups excluding carboxylic acids is 1. The van der Waals surface area contributed by atoms with E-state index >= 15 is 0 Å². The minimum Gasteiger partial charge on any atom is -0.468 e. The summed E-state index contributed by atoms with van der Waals surface area (Å²) in [7, 11) is 1.26. The van der Waals surface area contributed by atoms with E-state index in [1.165, 1.54) is 25.3 Å². The topological polar surface area (TPSA) is 91.5 Å². The number of esters is 1. The van der Waals surface area contributed by atoms with Crippen LogP contribution >= 0.6 is 0 Å². The van der Waals surface area contributed by atoms with Gasteiger partial charge in [0.2, 0.25) is 0 Å². The number of nitrogens with zero attached hydrogens (tertiary/aromatic N) is 2. The fourth-order valence-electron chi connectivity index (χ4n) is 1.07. The van der Waals surface area contributed by atoms with Crippen molar-refractivity contribution in [2.45, 2.75) is 0 Å². The Labute approximate surface area is 91.8 Å². The minimum absolute atomic E-state index is 0.0759. The molecule has 0 unspecified atom stereocenters.